The average molecular weight is 389 g/mol. The number of benzene rings is 3. The zero-order valence-electron chi connectivity index (χ0n) is 16.5. The Morgan fingerprint density at radius 2 is 1.59 bits per heavy atom. The maximum absolute atomic E-state index is 12.2. The predicted octanol–water partition coefficient (Wildman–Crippen LogP) is 4.68. The van der Waals surface area contributed by atoms with E-state index in [1.807, 2.05) is 62.4 Å². The van der Waals surface area contributed by atoms with E-state index in [1.54, 1.807) is 24.3 Å². The Bertz CT molecular complexity index is 982. The number of esters is 1. The van der Waals surface area contributed by atoms with Crippen LogP contribution in [0.4, 0.5) is 5.69 Å². The normalized spacial score (nSPS) is 10.3. The van der Waals surface area contributed by atoms with Crippen LogP contribution in [0.5, 0.6) is 5.75 Å². The highest BCUT2D eigenvalue weighted by Gasteiger charge is 2.12. The lowest BCUT2D eigenvalue weighted by Crippen LogP contribution is -2.21. The molecule has 0 heterocycles. The summed E-state index contributed by atoms with van der Waals surface area (Å²) < 4.78 is 10.8. The summed E-state index contributed by atoms with van der Waals surface area (Å²) in [6.07, 6.45) is 0. The first-order valence-corrected chi connectivity index (χ1v) is 9.33. The van der Waals surface area contributed by atoms with Gasteiger partial charge in [0.1, 0.15) is 12.4 Å². The van der Waals surface area contributed by atoms with E-state index >= 15 is 0 Å². The fourth-order valence-electron chi connectivity index (χ4n) is 2.72. The molecule has 5 nitrogen and oxygen atoms in total. The Morgan fingerprint density at radius 3 is 2.31 bits per heavy atom. The van der Waals surface area contributed by atoms with Crippen LogP contribution in [0.25, 0.3) is 0 Å². The largest absolute Gasteiger partial charge is 0.489 e. The fraction of sp³-hybridized carbons (Fsp3) is 0.167. The molecule has 3 aromatic carbocycles. The summed E-state index contributed by atoms with van der Waals surface area (Å²) >= 11 is 0. The summed E-state index contributed by atoms with van der Waals surface area (Å²) in [6, 6.07) is 22.1. The Balaban J connectivity index is 1.49. The highest BCUT2D eigenvalue weighted by Crippen LogP contribution is 2.18. The van der Waals surface area contributed by atoms with Gasteiger partial charge in [-0.2, -0.15) is 0 Å². The van der Waals surface area contributed by atoms with E-state index in [1.165, 1.54) is 0 Å². The molecule has 1 N–H and O–H groups in total. The second-order valence-electron chi connectivity index (χ2n) is 6.67. The topological polar surface area (TPSA) is 64.6 Å². The number of aryl methyl sites for hydroxylation is 1. The first-order chi connectivity index (χ1) is 14.0. The molecular formula is C24H23NO4. The van der Waals surface area contributed by atoms with Gasteiger partial charge >= 0.3 is 5.97 Å². The first kappa shape index (κ1) is 20.1. The molecule has 0 aliphatic carbocycles. The molecule has 0 unspecified atom stereocenters. The number of hydrogen-bond acceptors (Lipinski definition) is 4. The number of carbonyl (C=O) groups excluding carboxylic acids is 2. The number of carbonyl (C=O) groups is 2. The summed E-state index contributed by atoms with van der Waals surface area (Å²) in [6.45, 7) is 4.00. The standard InChI is InChI=1S/C24H23NO4/c1-17-7-6-10-22(18(17)2)25-23(26)16-29-24(27)20-11-13-21(14-12-20)28-15-19-8-4-3-5-9-19/h3-14H,15-16H2,1-2H3,(H,25,26). The van der Waals surface area contributed by atoms with Gasteiger partial charge in [0.25, 0.3) is 5.91 Å². The van der Waals surface area contributed by atoms with Gasteiger partial charge in [-0.15, -0.1) is 0 Å². The van der Waals surface area contributed by atoms with Crippen molar-refractivity contribution in [3.63, 3.8) is 0 Å². The van der Waals surface area contributed by atoms with Gasteiger partial charge in [-0.05, 0) is 60.9 Å². The molecule has 3 rings (SSSR count). The van der Waals surface area contributed by atoms with Crippen LogP contribution >= 0.6 is 0 Å². The number of ether oxygens (including phenoxy) is 2. The smallest absolute Gasteiger partial charge is 0.338 e. The molecule has 0 atom stereocenters. The minimum absolute atomic E-state index is 0.349. The third-order valence-corrected chi connectivity index (χ3v) is 4.55. The molecule has 0 aliphatic rings. The van der Waals surface area contributed by atoms with Crippen molar-refractivity contribution in [2.24, 2.45) is 0 Å². The summed E-state index contributed by atoms with van der Waals surface area (Å²) in [7, 11) is 0. The summed E-state index contributed by atoms with van der Waals surface area (Å²) in [5.41, 5.74) is 4.20. The summed E-state index contributed by atoms with van der Waals surface area (Å²) in [5, 5.41) is 2.76. The fourth-order valence-corrected chi connectivity index (χ4v) is 2.72. The van der Waals surface area contributed by atoms with Crippen LogP contribution < -0.4 is 10.1 Å². The van der Waals surface area contributed by atoms with E-state index in [9.17, 15) is 9.59 Å². The van der Waals surface area contributed by atoms with Gasteiger partial charge in [-0.1, -0.05) is 42.5 Å². The van der Waals surface area contributed by atoms with Crippen LogP contribution in [0.1, 0.15) is 27.0 Å². The second-order valence-corrected chi connectivity index (χ2v) is 6.67. The second kappa shape index (κ2) is 9.55. The zero-order chi connectivity index (χ0) is 20.6. The van der Waals surface area contributed by atoms with Crippen LogP contribution in [0.15, 0.2) is 72.8 Å². The van der Waals surface area contributed by atoms with Gasteiger partial charge in [0, 0.05) is 5.69 Å². The lowest BCUT2D eigenvalue weighted by Gasteiger charge is -2.11. The monoisotopic (exact) mass is 389 g/mol. The molecule has 0 aromatic heterocycles. The third-order valence-electron chi connectivity index (χ3n) is 4.55. The summed E-state index contributed by atoms with van der Waals surface area (Å²) in [5.74, 6) is -0.288. The summed E-state index contributed by atoms with van der Waals surface area (Å²) in [4.78, 5) is 24.2. The highest BCUT2D eigenvalue weighted by molar-refractivity contribution is 5.96. The van der Waals surface area contributed by atoms with E-state index in [4.69, 9.17) is 9.47 Å². The van der Waals surface area contributed by atoms with Gasteiger partial charge in [0.2, 0.25) is 0 Å². The van der Waals surface area contributed by atoms with Crippen molar-refractivity contribution in [1.82, 2.24) is 0 Å². The van der Waals surface area contributed by atoms with Crippen molar-refractivity contribution in [3.8, 4) is 5.75 Å². The Morgan fingerprint density at radius 1 is 0.862 bits per heavy atom. The number of nitrogens with one attached hydrogen (secondary N) is 1. The molecule has 148 valence electrons. The van der Waals surface area contributed by atoms with Gasteiger partial charge in [-0.25, -0.2) is 4.79 Å². The van der Waals surface area contributed by atoms with E-state index in [0.717, 1.165) is 16.7 Å². The molecule has 0 radical (unpaired) electrons. The van der Waals surface area contributed by atoms with Crippen molar-refractivity contribution in [2.75, 3.05) is 11.9 Å². The molecule has 0 fully saturated rings. The SMILES string of the molecule is Cc1cccc(NC(=O)COC(=O)c2ccc(OCc3ccccc3)cc2)c1C. The Hall–Kier alpha value is -3.60. The van der Waals surface area contributed by atoms with Crippen molar-refractivity contribution in [1.29, 1.82) is 0 Å². The lowest BCUT2D eigenvalue weighted by molar-refractivity contribution is -0.119. The number of hydrogen-bond donors (Lipinski definition) is 1. The molecule has 0 spiro atoms. The zero-order valence-corrected chi connectivity index (χ0v) is 16.5. The molecule has 5 heteroatoms. The van der Waals surface area contributed by atoms with Gasteiger partial charge in [-0.3, -0.25) is 4.79 Å². The third kappa shape index (κ3) is 5.69. The number of rotatable bonds is 7. The minimum atomic E-state index is -0.560. The Kier molecular flexibility index (Phi) is 6.63. The van der Waals surface area contributed by atoms with Crippen LogP contribution in [0.2, 0.25) is 0 Å². The lowest BCUT2D eigenvalue weighted by atomic mass is 10.1. The van der Waals surface area contributed by atoms with Crippen molar-refractivity contribution < 1.29 is 19.1 Å². The van der Waals surface area contributed by atoms with Crippen molar-refractivity contribution in [3.05, 3.63) is 95.1 Å². The van der Waals surface area contributed by atoms with Crippen LogP contribution in [0, 0.1) is 13.8 Å². The van der Waals surface area contributed by atoms with Gasteiger partial charge < -0.3 is 14.8 Å². The van der Waals surface area contributed by atoms with Crippen LogP contribution in [0.3, 0.4) is 0 Å². The van der Waals surface area contributed by atoms with E-state index in [0.29, 0.717) is 23.6 Å². The molecule has 0 saturated heterocycles. The number of anilines is 1. The van der Waals surface area contributed by atoms with E-state index in [2.05, 4.69) is 5.32 Å². The number of amides is 1. The van der Waals surface area contributed by atoms with Crippen LogP contribution in [-0.4, -0.2) is 18.5 Å². The highest BCUT2D eigenvalue weighted by atomic mass is 16.5. The maximum atomic E-state index is 12.2. The average Bonchev–Trinajstić information content (AvgIpc) is 2.75. The first-order valence-electron chi connectivity index (χ1n) is 9.33. The molecular weight excluding hydrogens is 366 g/mol. The van der Waals surface area contributed by atoms with Crippen molar-refractivity contribution >= 4 is 17.6 Å². The quantitative estimate of drug-likeness (QED) is 0.596. The van der Waals surface area contributed by atoms with Crippen molar-refractivity contribution in [2.45, 2.75) is 20.5 Å². The van der Waals surface area contributed by atoms with Gasteiger partial charge in [0.15, 0.2) is 6.61 Å². The van der Waals surface area contributed by atoms with E-state index < -0.39 is 5.97 Å². The minimum Gasteiger partial charge on any atom is -0.489 e. The molecule has 29 heavy (non-hydrogen) atoms. The maximum Gasteiger partial charge on any atom is 0.338 e. The predicted molar refractivity (Wildman–Crippen MR) is 112 cm³/mol. The molecule has 3 aromatic rings. The molecule has 0 bridgehead atoms. The van der Waals surface area contributed by atoms with Crippen LogP contribution in [-0.2, 0) is 16.1 Å². The van der Waals surface area contributed by atoms with E-state index in [-0.39, 0.29) is 12.5 Å². The Labute approximate surface area is 170 Å². The molecule has 0 aliphatic heterocycles. The molecule has 1 amide bonds. The molecule has 0 saturated carbocycles. The van der Waals surface area contributed by atoms with Gasteiger partial charge in [0.05, 0.1) is 5.56 Å².